The van der Waals surface area contributed by atoms with E-state index >= 15 is 0 Å². The third kappa shape index (κ3) is 4.12. The Kier molecular flexibility index (Phi) is 5.54. The lowest BCUT2D eigenvalue weighted by molar-refractivity contribution is 0.127. The average molecular weight is 283 g/mol. The van der Waals surface area contributed by atoms with Crippen molar-refractivity contribution in [3.8, 4) is 0 Å². The van der Waals surface area contributed by atoms with Crippen LogP contribution in [0.3, 0.4) is 0 Å². The van der Waals surface area contributed by atoms with Gasteiger partial charge in [0.15, 0.2) is 0 Å². The molecular formula is C13H25N5S. The second-order valence-electron chi connectivity index (χ2n) is 5.47. The molecule has 2 heterocycles. The van der Waals surface area contributed by atoms with Crippen LogP contribution in [0.4, 0.5) is 5.00 Å². The Balaban J connectivity index is 1.91. The van der Waals surface area contributed by atoms with Crippen molar-refractivity contribution in [2.75, 3.05) is 39.0 Å². The maximum atomic E-state index is 4.28. The Morgan fingerprint density at radius 2 is 2.32 bits per heavy atom. The van der Waals surface area contributed by atoms with Gasteiger partial charge in [-0.1, -0.05) is 11.4 Å². The van der Waals surface area contributed by atoms with Crippen molar-refractivity contribution in [3.63, 3.8) is 0 Å². The van der Waals surface area contributed by atoms with E-state index in [4.69, 9.17) is 0 Å². The molecule has 1 N–H and O–H groups in total. The summed E-state index contributed by atoms with van der Waals surface area (Å²) in [6.45, 7) is 6.41. The molecule has 5 nitrogen and oxygen atoms in total. The van der Waals surface area contributed by atoms with E-state index in [1.54, 1.807) is 0 Å². The minimum absolute atomic E-state index is 0.674. The van der Waals surface area contributed by atoms with E-state index in [9.17, 15) is 0 Å². The molecule has 1 fully saturated rings. The van der Waals surface area contributed by atoms with E-state index in [-0.39, 0.29) is 0 Å². The predicted molar refractivity (Wildman–Crippen MR) is 80.7 cm³/mol. The molecular weight excluding hydrogens is 258 g/mol. The van der Waals surface area contributed by atoms with Gasteiger partial charge in [-0.25, -0.2) is 0 Å². The molecule has 0 spiro atoms. The summed E-state index contributed by atoms with van der Waals surface area (Å²) >= 11 is 1.48. The SMILES string of the molecule is CCCNc1snnc1CN1CCCC(N(C)C)C1. The molecule has 1 unspecified atom stereocenters. The lowest BCUT2D eigenvalue weighted by atomic mass is 10.0. The van der Waals surface area contributed by atoms with Gasteiger partial charge in [0.1, 0.15) is 10.7 Å². The van der Waals surface area contributed by atoms with E-state index in [0.717, 1.165) is 36.8 Å². The lowest BCUT2D eigenvalue weighted by Gasteiger charge is -2.35. The van der Waals surface area contributed by atoms with Crippen molar-refractivity contribution in [1.29, 1.82) is 0 Å². The quantitative estimate of drug-likeness (QED) is 0.863. The highest BCUT2D eigenvalue weighted by atomic mass is 32.1. The standard InChI is InChI=1S/C13H25N5S/c1-4-7-14-13-12(15-16-19-13)10-18-8-5-6-11(9-18)17(2)3/h11,14H,4-10H2,1-3H3. The van der Waals surface area contributed by atoms with Crippen LogP contribution in [0.5, 0.6) is 0 Å². The smallest absolute Gasteiger partial charge is 0.134 e. The zero-order chi connectivity index (χ0) is 13.7. The van der Waals surface area contributed by atoms with E-state index in [0.29, 0.717) is 6.04 Å². The first-order valence-corrected chi connectivity index (χ1v) is 7.92. The molecule has 108 valence electrons. The number of piperidine rings is 1. The van der Waals surface area contributed by atoms with Crippen molar-refractivity contribution >= 4 is 16.5 Å². The van der Waals surface area contributed by atoms with Crippen LogP contribution in [0.1, 0.15) is 31.9 Å². The van der Waals surface area contributed by atoms with Crippen LogP contribution in [-0.2, 0) is 6.54 Å². The van der Waals surface area contributed by atoms with Crippen LogP contribution < -0.4 is 5.32 Å². The maximum absolute atomic E-state index is 4.28. The number of anilines is 1. The van der Waals surface area contributed by atoms with Gasteiger partial charge in [-0.15, -0.1) is 5.10 Å². The third-order valence-corrected chi connectivity index (χ3v) is 4.40. The highest BCUT2D eigenvalue weighted by Gasteiger charge is 2.22. The summed E-state index contributed by atoms with van der Waals surface area (Å²) in [5.41, 5.74) is 1.11. The number of rotatable bonds is 6. The number of likely N-dealkylation sites (N-methyl/N-ethyl adjacent to an activating group) is 1. The Morgan fingerprint density at radius 1 is 1.47 bits per heavy atom. The molecule has 0 amide bonds. The van der Waals surface area contributed by atoms with Crippen LogP contribution >= 0.6 is 11.5 Å². The van der Waals surface area contributed by atoms with Gasteiger partial charge in [-0.05, 0) is 39.9 Å². The molecule has 1 aliphatic rings. The average Bonchev–Trinajstić information content (AvgIpc) is 2.84. The highest BCUT2D eigenvalue weighted by molar-refractivity contribution is 7.10. The number of likely N-dealkylation sites (tertiary alicyclic amines) is 1. The molecule has 0 bridgehead atoms. The van der Waals surface area contributed by atoms with E-state index in [1.807, 2.05) is 0 Å². The number of nitrogens with one attached hydrogen (secondary N) is 1. The van der Waals surface area contributed by atoms with E-state index < -0.39 is 0 Å². The van der Waals surface area contributed by atoms with E-state index in [2.05, 4.69) is 45.7 Å². The molecule has 19 heavy (non-hydrogen) atoms. The van der Waals surface area contributed by atoms with Crippen molar-refractivity contribution in [3.05, 3.63) is 5.69 Å². The fraction of sp³-hybridized carbons (Fsp3) is 0.846. The number of nitrogens with zero attached hydrogens (tertiary/aromatic N) is 4. The molecule has 6 heteroatoms. The minimum atomic E-state index is 0.674. The van der Waals surface area contributed by atoms with Crippen LogP contribution in [0.25, 0.3) is 0 Å². The third-order valence-electron chi connectivity index (χ3n) is 3.68. The maximum Gasteiger partial charge on any atom is 0.134 e. The molecule has 1 aromatic rings. The number of aromatic nitrogens is 2. The summed E-state index contributed by atoms with van der Waals surface area (Å²) in [5, 5.41) is 8.85. The first-order chi connectivity index (χ1) is 9.20. The van der Waals surface area contributed by atoms with Gasteiger partial charge in [0, 0.05) is 37.2 Å². The highest BCUT2D eigenvalue weighted by Crippen LogP contribution is 2.22. The summed E-state index contributed by atoms with van der Waals surface area (Å²) < 4.78 is 4.09. The van der Waals surface area contributed by atoms with Crippen LogP contribution in [-0.4, -0.2) is 59.2 Å². The largest absolute Gasteiger partial charge is 0.374 e. The summed E-state index contributed by atoms with van der Waals surface area (Å²) in [6.07, 6.45) is 3.71. The van der Waals surface area contributed by atoms with Crippen molar-refractivity contribution in [2.24, 2.45) is 0 Å². The summed E-state index contributed by atoms with van der Waals surface area (Å²) in [5.74, 6) is 0. The first kappa shape index (κ1) is 14.7. The zero-order valence-corrected chi connectivity index (χ0v) is 13.0. The normalized spacial score (nSPS) is 20.9. The number of hydrogen-bond acceptors (Lipinski definition) is 6. The van der Waals surface area contributed by atoms with Gasteiger partial charge in [-0.2, -0.15) is 0 Å². The van der Waals surface area contributed by atoms with Gasteiger partial charge in [0.2, 0.25) is 0 Å². The molecule has 0 radical (unpaired) electrons. The second-order valence-corrected chi connectivity index (χ2v) is 6.22. The van der Waals surface area contributed by atoms with Crippen molar-refractivity contribution < 1.29 is 0 Å². The van der Waals surface area contributed by atoms with Gasteiger partial charge in [-0.3, -0.25) is 4.90 Å². The second kappa shape index (κ2) is 7.17. The van der Waals surface area contributed by atoms with Crippen molar-refractivity contribution in [2.45, 2.75) is 38.8 Å². The molecule has 0 aliphatic carbocycles. The Morgan fingerprint density at radius 3 is 3.05 bits per heavy atom. The summed E-state index contributed by atoms with van der Waals surface area (Å²) in [6, 6.07) is 0.674. The van der Waals surface area contributed by atoms with Gasteiger partial charge >= 0.3 is 0 Å². The molecule has 1 atom stereocenters. The Hall–Kier alpha value is -0.720. The zero-order valence-electron chi connectivity index (χ0n) is 12.2. The Labute approximate surface area is 120 Å². The molecule has 1 saturated heterocycles. The molecule has 2 rings (SSSR count). The lowest BCUT2D eigenvalue weighted by Crippen LogP contribution is -2.44. The van der Waals surface area contributed by atoms with Gasteiger partial charge < -0.3 is 10.2 Å². The fourth-order valence-corrected chi connectivity index (χ4v) is 3.09. The topological polar surface area (TPSA) is 44.3 Å². The van der Waals surface area contributed by atoms with Gasteiger partial charge in [0.25, 0.3) is 0 Å². The first-order valence-electron chi connectivity index (χ1n) is 7.14. The van der Waals surface area contributed by atoms with Crippen LogP contribution in [0.2, 0.25) is 0 Å². The molecule has 1 aromatic heterocycles. The molecule has 0 saturated carbocycles. The minimum Gasteiger partial charge on any atom is -0.374 e. The molecule has 1 aliphatic heterocycles. The van der Waals surface area contributed by atoms with Gasteiger partial charge in [0.05, 0.1) is 0 Å². The van der Waals surface area contributed by atoms with Crippen LogP contribution in [0, 0.1) is 0 Å². The van der Waals surface area contributed by atoms with E-state index in [1.165, 1.54) is 30.9 Å². The monoisotopic (exact) mass is 283 g/mol. The summed E-state index contributed by atoms with van der Waals surface area (Å²) in [4.78, 5) is 4.84. The number of hydrogen-bond donors (Lipinski definition) is 1. The predicted octanol–water partition coefficient (Wildman–Crippen LogP) is 1.89. The van der Waals surface area contributed by atoms with Crippen molar-refractivity contribution in [1.82, 2.24) is 19.4 Å². The summed E-state index contributed by atoms with van der Waals surface area (Å²) in [7, 11) is 4.35. The van der Waals surface area contributed by atoms with Crippen LogP contribution in [0.15, 0.2) is 0 Å². The Bertz CT molecular complexity index is 379. The molecule has 0 aromatic carbocycles. The fourth-order valence-electron chi connectivity index (χ4n) is 2.49.